The van der Waals surface area contributed by atoms with Crippen molar-refractivity contribution in [2.24, 2.45) is 5.73 Å². The Morgan fingerprint density at radius 3 is 2.65 bits per heavy atom. The smallest absolute Gasteiger partial charge is 0.139 e. The molecule has 17 heavy (non-hydrogen) atoms. The van der Waals surface area contributed by atoms with Crippen LogP contribution in [0.25, 0.3) is 0 Å². The predicted octanol–water partition coefficient (Wildman–Crippen LogP) is 4.24. The maximum Gasteiger partial charge on any atom is 0.139 e. The molecule has 0 spiro atoms. The van der Waals surface area contributed by atoms with E-state index in [-0.39, 0.29) is 5.84 Å². The molecule has 1 aromatic carbocycles. The minimum Gasteiger partial charge on any atom is -0.492 e. The van der Waals surface area contributed by atoms with Gasteiger partial charge < -0.3 is 10.5 Å². The Balaban J connectivity index is 2.41. The summed E-state index contributed by atoms with van der Waals surface area (Å²) in [5.74, 6) is 0.775. The molecule has 0 aliphatic rings. The van der Waals surface area contributed by atoms with Crippen molar-refractivity contribution in [3.63, 3.8) is 0 Å². The lowest BCUT2D eigenvalue weighted by molar-refractivity contribution is 0.308. The highest BCUT2D eigenvalue weighted by atomic mass is 79.9. The minimum atomic E-state index is 0.203. The summed E-state index contributed by atoms with van der Waals surface area (Å²) in [7, 11) is 0. The minimum absolute atomic E-state index is 0.203. The lowest BCUT2D eigenvalue weighted by Gasteiger charge is -2.09. The van der Waals surface area contributed by atoms with Gasteiger partial charge in [-0.25, -0.2) is 0 Å². The number of benzene rings is 1. The number of hydrogen-bond donors (Lipinski definition) is 2. The Kier molecular flexibility index (Phi) is 6.09. The number of ether oxygens (including phenoxy) is 1. The van der Waals surface area contributed by atoms with Gasteiger partial charge in [0.1, 0.15) is 5.75 Å². The largest absolute Gasteiger partial charge is 0.492 e. The average Bonchev–Trinajstić information content (AvgIpc) is 2.24. The fourth-order valence-electron chi connectivity index (χ4n) is 1.21. The van der Waals surface area contributed by atoms with Gasteiger partial charge in [-0.1, -0.05) is 23.2 Å². The molecule has 0 fully saturated rings. The second-order valence-corrected chi connectivity index (χ2v) is 5.20. The molecule has 0 aliphatic carbocycles. The Hall–Kier alpha value is -0.450. The van der Waals surface area contributed by atoms with Crippen molar-refractivity contribution in [1.82, 2.24) is 0 Å². The Morgan fingerprint density at radius 1 is 1.29 bits per heavy atom. The molecule has 0 bridgehead atoms. The van der Waals surface area contributed by atoms with E-state index in [4.69, 9.17) is 39.1 Å². The number of amidine groups is 1. The summed E-state index contributed by atoms with van der Waals surface area (Å²) in [6, 6.07) is 3.38. The second-order valence-electron chi connectivity index (χ2n) is 3.53. The lowest BCUT2D eigenvalue weighted by Crippen LogP contribution is -2.09. The predicted molar refractivity (Wildman–Crippen MR) is 75.4 cm³/mol. The van der Waals surface area contributed by atoms with E-state index in [1.54, 1.807) is 12.1 Å². The first kappa shape index (κ1) is 14.6. The third-order valence-electron chi connectivity index (χ3n) is 2.07. The Labute approximate surface area is 119 Å². The van der Waals surface area contributed by atoms with Crippen LogP contribution in [0, 0.1) is 5.41 Å². The van der Waals surface area contributed by atoms with Gasteiger partial charge in [-0.15, -0.1) is 0 Å². The first-order chi connectivity index (χ1) is 8.00. The second kappa shape index (κ2) is 7.09. The molecule has 0 unspecified atom stereocenters. The van der Waals surface area contributed by atoms with Gasteiger partial charge in [0, 0.05) is 17.0 Å². The molecule has 0 atom stereocenters. The van der Waals surface area contributed by atoms with Gasteiger partial charge in [0.05, 0.1) is 22.5 Å². The van der Waals surface area contributed by atoms with E-state index >= 15 is 0 Å². The van der Waals surface area contributed by atoms with Gasteiger partial charge in [-0.05, 0) is 34.8 Å². The first-order valence-electron chi connectivity index (χ1n) is 5.11. The zero-order valence-corrected chi connectivity index (χ0v) is 12.2. The van der Waals surface area contributed by atoms with Gasteiger partial charge in [0.25, 0.3) is 0 Å². The number of nitrogens with one attached hydrogen (secondary N) is 1. The number of nitrogens with two attached hydrogens (primary N) is 1. The third kappa shape index (κ3) is 5.15. The van der Waals surface area contributed by atoms with Crippen LogP contribution in [0.3, 0.4) is 0 Å². The van der Waals surface area contributed by atoms with Gasteiger partial charge in [-0.2, -0.15) is 0 Å². The number of hydrogen-bond acceptors (Lipinski definition) is 2. The van der Waals surface area contributed by atoms with Crippen molar-refractivity contribution < 1.29 is 4.74 Å². The van der Waals surface area contributed by atoms with Crippen molar-refractivity contribution in [1.29, 1.82) is 5.41 Å². The van der Waals surface area contributed by atoms with Gasteiger partial charge in [-0.3, -0.25) is 5.41 Å². The van der Waals surface area contributed by atoms with Crippen LogP contribution in [0.1, 0.15) is 19.3 Å². The molecule has 0 aromatic heterocycles. The molecule has 1 rings (SSSR count). The van der Waals surface area contributed by atoms with Crippen molar-refractivity contribution >= 4 is 45.0 Å². The van der Waals surface area contributed by atoms with Crippen LogP contribution in [-0.4, -0.2) is 12.4 Å². The summed E-state index contributed by atoms with van der Waals surface area (Å²) >= 11 is 15.2. The highest BCUT2D eigenvalue weighted by Gasteiger charge is 2.06. The molecule has 0 aliphatic heterocycles. The topological polar surface area (TPSA) is 59.1 Å². The number of unbranched alkanes of at least 4 members (excludes halogenated alkanes) is 1. The quantitative estimate of drug-likeness (QED) is 0.352. The van der Waals surface area contributed by atoms with Crippen LogP contribution in [-0.2, 0) is 0 Å². The van der Waals surface area contributed by atoms with Crippen molar-refractivity contribution in [2.45, 2.75) is 19.3 Å². The van der Waals surface area contributed by atoms with Gasteiger partial charge >= 0.3 is 0 Å². The van der Waals surface area contributed by atoms with Crippen molar-refractivity contribution in [3.05, 3.63) is 26.7 Å². The van der Waals surface area contributed by atoms with Gasteiger partial charge in [0.15, 0.2) is 0 Å². The van der Waals surface area contributed by atoms with E-state index in [0.717, 1.165) is 17.3 Å². The van der Waals surface area contributed by atoms with Crippen LogP contribution >= 0.6 is 39.1 Å². The first-order valence-corrected chi connectivity index (χ1v) is 6.66. The fraction of sp³-hybridized carbons (Fsp3) is 0.364. The molecule has 0 heterocycles. The summed E-state index contributed by atoms with van der Waals surface area (Å²) in [6.45, 7) is 0.533. The lowest BCUT2D eigenvalue weighted by atomic mass is 10.2. The maximum atomic E-state index is 7.07. The summed E-state index contributed by atoms with van der Waals surface area (Å²) in [5.41, 5.74) is 5.25. The molecular formula is C11H13BrCl2N2O. The van der Waals surface area contributed by atoms with E-state index in [0.29, 0.717) is 28.8 Å². The molecule has 0 saturated heterocycles. The highest BCUT2D eigenvalue weighted by Crippen LogP contribution is 2.34. The standard InChI is InChI=1S/C11H13BrCl2N2O/c12-7-5-9(14)10(6-8(7)13)17-4-2-1-3-11(15)16/h5-6H,1-4H2,(H3,15,16). The molecule has 0 saturated carbocycles. The average molecular weight is 340 g/mol. The van der Waals surface area contributed by atoms with Crippen LogP contribution in [0.5, 0.6) is 5.75 Å². The van der Waals surface area contributed by atoms with Crippen molar-refractivity contribution in [3.8, 4) is 5.75 Å². The van der Waals surface area contributed by atoms with Crippen LogP contribution in [0.15, 0.2) is 16.6 Å². The maximum absolute atomic E-state index is 7.07. The molecule has 3 nitrogen and oxygen atoms in total. The third-order valence-corrected chi connectivity index (χ3v) is 3.57. The highest BCUT2D eigenvalue weighted by molar-refractivity contribution is 9.10. The summed E-state index contributed by atoms with van der Waals surface area (Å²) in [4.78, 5) is 0. The monoisotopic (exact) mass is 338 g/mol. The normalized spacial score (nSPS) is 10.3. The van der Waals surface area contributed by atoms with Crippen LogP contribution in [0.2, 0.25) is 10.0 Å². The molecule has 1 aromatic rings. The molecule has 3 N–H and O–H groups in total. The van der Waals surface area contributed by atoms with Crippen molar-refractivity contribution in [2.75, 3.05) is 6.61 Å². The van der Waals surface area contributed by atoms with E-state index < -0.39 is 0 Å². The number of halogens is 3. The van der Waals surface area contributed by atoms with E-state index in [1.807, 2.05) is 0 Å². The summed E-state index contributed by atoms with van der Waals surface area (Å²) in [6.07, 6.45) is 2.25. The van der Waals surface area contributed by atoms with E-state index in [2.05, 4.69) is 15.9 Å². The Bertz CT molecular complexity index is 413. The molecule has 0 amide bonds. The summed E-state index contributed by atoms with van der Waals surface area (Å²) in [5, 5.41) is 8.16. The Morgan fingerprint density at radius 2 is 2.00 bits per heavy atom. The van der Waals surface area contributed by atoms with Gasteiger partial charge in [0.2, 0.25) is 0 Å². The zero-order valence-electron chi connectivity index (χ0n) is 9.10. The molecular weight excluding hydrogens is 327 g/mol. The van der Waals surface area contributed by atoms with E-state index in [9.17, 15) is 0 Å². The molecule has 94 valence electrons. The van der Waals surface area contributed by atoms with Crippen LogP contribution in [0.4, 0.5) is 0 Å². The fourth-order valence-corrected chi connectivity index (χ4v) is 2.06. The van der Waals surface area contributed by atoms with E-state index in [1.165, 1.54) is 0 Å². The molecule has 0 radical (unpaired) electrons. The summed E-state index contributed by atoms with van der Waals surface area (Å²) < 4.78 is 6.25. The molecule has 6 heteroatoms. The zero-order chi connectivity index (χ0) is 12.8. The van der Waals surface area contributed by atoms with Crippen LogP contribution < -0.4 is 10.5 Å². The SMILES string of the molecule is N=C(N)CCCCOc1cc(Cl)c(Br)cc1Cl. The number of rotatable bonds is 6.